The van der Waals surface area contributed by atoms with Crippen LogP contribution in [0.25, 0.3) is 11.1 Å². The van der Waals surface area contributed by atoms with E-state index in [1.54, 1.807) is 7.11 Å². The molecule has 10 aliphatic rings. The SMILES string of the molecule is C1=CC2CC1CC2CCCCC1CC2C=CC1C2.C1=CC2CC1CC2CCc1ccc(-c2ccccc2)cc1.C=C(C)Oc1ccc(CC2CC3C=CC2C3)cc1OC.C=C(C)Oc1cccc(C2CC3C=CC2C3)c1. The molecular formula is C73H88O3. The number of allylic oxidation sites excluding steroid dienone is 12. The van der Waals surface area contributed by atoms with E-state index in [1.165, 1.54) is 131 Å². The summed E-state index contributed by atoms with van der Waals surface area (Å²) in [6.07, 6.45) is 48.4. The molecule has 0 spiro atoms. The highest BCUT2D eigenvalue weighted by Crippen LogP contribution is 2.51. The smallest absolute Gasteiger partial charge is 0.168 e. The minimum Gasteiger partial charge on any atom is -0.493 e. The van der Waals surface area contributed by atoms with Gasteiger partial charge in [0.05, 0.1) is 18.6 Å². The third-order valence-electron chi connectivity index (χ3n) is 19.8. The van der Waals surface area contributed by atoms with Crippen molar-refractivity contribution in [1.82, 2.24) is 0 Å². The van der Waals surface area contributed by atoms with Gasteiger partial charge in [0, 0.05) is 0 Å². The van der Waals surface area contributed by atoms with E-state index in [0.717, 1.165) is 112 Å². The summed E-state index contributed by atoms with van der Waals surface area (Å²) in [5.74, 6) is 17.3. The van der Waals surface area contributed by atoms with Crippen molar-refractivity contribution in [1.29, 1.82) is 0 Å². The molecule has 0 heterocycles. The van der Waals surface area contributed by atoms with Crippen LogP contribution < -0.4 is 14.2 Å². The standard InChI is InChI=1S/C21H22.C18H22O2.C18H26.C16H18O/c1-2-4-18(5-3-1)19-10-6-16(7-11-19)8-12-20-14-17-9-13-21(20)15-17;1-12(2)20-17-7-5-14(11-18(17)19-3)10-16-9-13-4-6-15(16)8-13;1(3-15-9-13-5-7-17(15)11-13)2-4-16-10-14-6-8-18(16)12-14;1-11(2)17-15-5-3-4-13(10-15)16-9-12-6-7-14(16)8-12/h1-7,9-11,13,17,20-21H,8,12,14-15H2;4-7,11,13,15-16H,1,8-10H2,2-3H3;5-8,13-18H,1-4,9-12H2;3-7,10,12,14,16H,1,8-9H2,2H3. The highest BCUT2D eigenvalue weighted by molar-refractivity contribution is 5.63. The molecule has 5 fully saturated rings. The predicted octanol–water partition coefficient (Wildman–Crippen LogP) is 19.1. The summed E-state index contributed by atoms with van der Waals surface area (Å²) in [5, 5.41) is 0. The van der Waals surface area contributed by atoms with Crippen LogP contribution >= 0.6 is 0 Å². The van der Waals surface area contributed by atoms with E-state index in [9.17, 15) is 0 Å². The molecule has 5 saturated carbocycles. The van der Waals surface area contributed by atoms with Crippen molar-refractivity contribution < 1.29 is 14.2 Å². The van der Waals surface area contributed by atoms with E-state index in [-0.39, 0.29) is 0 Å². The Morgan fingerprint density at radius 2 is 0.934 bits per heavy atom. The fraction of sp³-hybridized carbons (Fsp3) is 0.479. The van der Waals surface area contributed by atoms with Crippen molar-refractivity contribution in [3.63, 3.8) is 0 Å². The summed E-state index contributed by atoms with van der Waals surface area (Å²) in [7, 11) is 1.69. The Morgan fingerprint density at radius 1 is 0.434 bits per heavy atom. The van der Waals surface area contributed by atoms with Crippen molar-refractivity contribution in [3.8, 4) is 28.4 Å². The number of rotatable bonds is 17. The van der Waals surface area contributed by atoms with Gasteiger partial charge >= 0.3 is 0 Å². The van der Waals surface area contributed by atoms with Crippen LogP contribution in [0.4, 0.5) is 0 Å². The van der Waals surface area contributed by atoms with Crippen molar-refractivity contribution in [3.05, 3.63) is 199 Å². The Morgan fingerprint density at radius 3 is 1.42 bits per heavy atom. The van der Waals surface area contributed by atoms with Crippen LogP contribution in [0, 0.1) is 82.9 Å². The fourth-order valence-electron chi connectivity index (χ4n) is 16.1. The lowest BCUT2D eigenvalue weighted by Gasteiger charge is -2.20. The molecule has 4 aromatic rings. The van der Waals surface area contributed by atoms with Crippen LogP contribution in [-0.2, 0) is 12.8 Å². The van der Waals surface area contributed by atoms with Crippen molar-refractivity contribution in [2.24, 2.45) is 82.9 Å². The van der Waals surface area contributed by atoms with Gasteiger partial charge < -0.3 is 14.2 Å². The van der Waals surface area contributed by atoms with Crippen LogP contribution in [-0.4, -0.2) is 7.11 Å². The summed E-state index contributed by atoms with van der Waals surface area (Å²) in [4.78, 5) is 0. The monoisotopic (exact) mass is 1010 g/mol. The lowest BCUT2D eigenvalue weighted by molar-refractivity contribution is 0.360. The van der Waals surface area contributed by atoms with Gasteiger partial charge in [-0.3, -0.25) is 0 Å². The van der Waals surface area contributed by atoms with Gasteiger partial charge in [0.15, 0.2) is 11.5 Å². The molecule has 0 saturated heterocycles. The normalized spacial score (nSPS) is 32.2. The number of benzene rings is 4. The Labute approximate surface area is 458 Å². The minimum atomic E-state index is 0.675. The van der Waals surface area contributed by atoms with E-state index in [0.29, 0.717) is 11.7 Å². The highest BCUT2D eigenvalue weighted by Gasteiger charge is 2.39. The van der Waals surface area contributed by atoms with E-state index in [4.69, 9.17) is 14.2 Å². The molecular weight excluding hydrogens is 925 g/mol. The van der Waals surface area contributed by atoms with Gasteiger partial charge in [-0.2, -0.15) is 0 Å². The minimum absolute atomic E-state index is 0.675. The fourth-order valence-corrected chi connectivity index (χ4v) is 16.1. The molecule has 4 aromatic carbocycles. The van der Waals surface area contributed by atoms with Gasteiger partial charge in [-0.15, -0.1) is 0 Å². The number of methoxy groups -OCH3 is 1. The number of aryl methyl sites for hydroxylation is 1. The first kappa shape index (κ1) is 52.5. The average molecular weight is 1010 g/mol. The van der Waals surface area contributed by atoms with E-state index >= 15 is 0 Å². The van der Waals surface area contributed by atoms with Crippen LogP contribution in [0.15, 0.2) is 182 Å². The van der Waals surface area contributed by atoms with Crippen LogP contribution in [0.1, 0.15) is 133 Å². The summed E-state index contributed by atoms with van der Waals surface area (Å²) in [5.41, 5.74) is 6.87. The number of hydrogen-bond acceptors (Lipinski definition) is 3. The zero-order valence-corrected chi connectivity index (χ0v) is 46.3. The van der Waals surface area contributed by atoms with Gasteiger partial charge in [-0.25, -0.2) is 0 Å². The largest absolute Gasteiger partial charge is 0.493 e. The molecule has 0 aliphatic heterocycles. The van der Waals surface area contributed by atoms with Crippen molar-refractivity contribution >= 4 is 0 Å². The third kappa shape index (κ3) is 13.1. The first-order valence-electron chi connectivity index (χ1n) is 30.1. The molecule has 14 rings (SSSR count). The van der Waals surface area contributed by atoms with Gasteiger partial charge in [-0.05, 0) is 251 Å². The van der Waals surface area contributed by atoms with Crippen LogP contribution in [0.5, 0.6) is 17.2 Å². The Bertz CT molecular complexity index is 2720. The van der Waals surface area contributed by atoms with Gasteiger partial charge in [0.2, 0.25) is 0 Å². The number of hydrogen-bond donors (Lipinski definition) is 0. The number of ether oxygens (including phenoxy) is 3. The number of fused-ring (bicyclic) bond motifs is 10. The van der Waals surface area contributed by atoms with Gasteiger partial charge in [0.25, 0.3) is 0 Å². The summed E-state index contributed by atoms with van der Waals surface area (Å²) < 4.78 is 16.6. The van der Waals surface area contributed by atoms with E-state index in [1.807, 2.05) is 26.0 Å². The van der Waals surface area contributed by atoms with Crippen molar-refractivity contribution in [2.75, 3.05) is 7.11 Å². The summed E-state index contributed by atoms with van der Waals surface area (Å²) >= 11 is 0. The molecule has 0 radical (unpaired) electrons. The second-order valence-electron chi connectivity index (χ2n) is 25.3. The lowest BCUT2D eigenvalue weighted by atomic mass is 9.85. The summed E-state index contributed by atoms with van der Waals surface area (Å²) in [6.45, 7) is 11.3. The molecule has 0 N–H and O–H groups in total. The van der Waals surface area contributed by atoms with Crippen LogP contribution in [0.3, 0.4) is 0 Å². The third-order valence-corrected chi connectivity index (χ3v) is 19.8. The molecule has 0 aromatic heterocycles. The second kappa shape index (κ2) is 24.4. The van der Waals surface area contributed by atoms with E-state index in [2.05, 4.69) is 159 Å². The molecule has 3 heteroatoms. The first-order chi connectivity index (χ1) is 37.1. The maximum atomic E-state index is 5.58. The topological polar surface area (TPSA) is 27.7 Å². The number of unbranched alkanes of at least 4 members (excludes halogenated alkanes) is 1. The Kier molecular flexibility index (Phi) is 16.9. The maximum Gasteiger partial charge on any atom is 0.168 e. The predicted molar refractivity (Wildman–Crippen MR) is 316 cm³/mol. The Balaban J connectivity index is 0.000000108. The molecule has 10 aliphatic carbocycles. The molecule has 3 nitrogen and oxygen atoms in total. The van der Waals surface area contributed by atoms with Crippen molar-refractivity contribution in [2.45, 2.75) is 129 Å². The molecule has 0 amide bonds. The first-order valence-corrected chi connectivity index (χ1v) is 30.1. The molecule has 10 bridgehead atoms. The Hall–Kier alpha value is -5.54. The quantitative estimate of drug-likeness (QED) is 0.0599. The second-order valence-corrected chi connectivity index (χ2v) is 25.3. The van der Waals surface area contributed by atoms with E-state index < -0.39 is 0 Å². The zero-order chi connectivity index (χ0) is 52.0. The molecule has 398 valence electrons. The van der Waals surface area contributed by atoms with Crippen LogP contribution in [0.2, 0.25) is 0 Å². The average Bonchev–Trinajstić information content (AvgIpc) is 4.30. The maximum absolute atomic E-state index is 5.58. The molecule has 76 heavy (non-hydrogen) atoms. The zero-order valence-electron chi connectivity index (χ0n) is 46.3. The molecule has 15 atom stereocenters. The van der Waals surface area contributed by atoms with Gasteiger partial charge in [-0.1, -0.05) is 160 Å². The summed E-state index contributed by atoms with van der Waals surface area (Å²) in [6, 6.07) is 34.5. The lowest BCUT2D eigenvalue weighted by Crippen LogP contribution is -2.10. The van der Waals surface area contributed by atoms with Gasteiger partial charge in [0.1, 0.15) is 5.75 Å². The molecule has 15 unspecified atom stereocenters. The highest BCUT2D eigenvalue weighted by atomic mass is 16.5.